The molecule has 6 heteroatoms. The van der Waals surface area contributed by atoms with E-state index in [9.17, 15) is 13.6 Å². The van der Waals surface area contributed by atoms with Gasteiger partial charge in [0.1, 0.15) is 0 Å². The number of carbonyl (C=O) groups excluding carboxylic acids is 1. The van der Waals surface area contributed by atoms with Crippen molar-refractivity contribution >= 4 is 38.6 Å². The highest BCUT2D eigenvalue weighted by Crippen LogP contribution is 2.13. The first-order valence-electron chi connectivity index (χ1n) is 3.69. The van der Waals surface area contributed by atoms with Gasteiger partial charge in [-0.15, -0.1) is 0 Å². The van der Waals surface area contributed by atoms with Gasteiger partial charge >= 0.3 is 0 Å². The quantitative estimate of drug-likeness (QED) is 0.846. The van der Waals surface area contributed by atoms with E-state index in [0.717, 1.165) is 4.47 Å². The Hall–Kier alpha value is -0.720. The third-order valence-electron chi connectivity index (χ3n) is 1.38. The van der Waals surface area contributed by atoms with Gasteiger partial charge in [-0.05, 0) is 35.3 Å². The number of halogens is 1. The van der Waals surface area contributed by atoms with Crippen LogP contribution in [0.5, 0.6) is 0 Å². The SMILES string of the molecule is O=C(CS(=O)[O-])Nc1ccc(Br)cc1. The lowest BCUT2D eigenvalue weighted by Crippen LogP contribution is -2.18. The lowest BCUT2D eigenvalue weighted by atomic mass is 10.3. The molecule has 1 rings (SSSR count). The Labute approximate surface area is 92.1 Å². The lowest BCUT2D eigenvalue weighted by Gasteiger charge is -2.06. The summed E-state index contributed by atoms with van der Waals surface area (Å²) in [5.74, 6) is -1.06. The number of nitrogens with one attached hydrogen (secondary N) is 1. The van der Waals surface area contributed by atoms with E-state index in [-0.39, 0.29) is 0 Å². The average Bonchev–Trinajstić information content (AvgIpc) is 2.07. The van der Waals surface area contributed by atoms with Crippen molar-refractivity contribution in [1.82, 2.24) is 0 Å². The number of rotatable bonds is 3. The molecule has 1 unspecified atom stereocenters. The van der Waals surface area contributed by atoms with Crippen LogP contribution in [-0.4, -0.2) is 20.4 Å². The highest BCUT2D eigenvalue weighted by molar-refractivity contribution is 9.10. The van der Waals surface area contributed by atoms with Crippen LogP contribution >= 0.6 is 15.9 Å². The number of amides is 1. The lowest BCUT2D eigenvalue weighted by molar-refractivity contribution is -0.113. The van der Waals surface area contributed by atoms with Crippen molar-refractivity contribution in [1.29, 1.82) is 0 Å². The summed E-state index contributed by atoms with van der Waals surface area (Å²) in [6.45, 7) is 0. The van der Waals surface area contributed by atoms with Crippen molar-refractivity contribution in [3.05, 3.63) is 28.7 Å². The summed E-state index contributed by atoms with van der Waals surface area (Å²) in [5, 5.41) is 2.45. The Balaban J connectivity index is 2.56. The molecule has 0 aliphatic carbocycles. The monoisotopic (exact) mass is 276 g/mol. The van der Waals surface area contributed by atoms with Crippen molar-refractivity contribution in [2.75, 3.05) is 11.1 Å². The van der Waals surface area contributed by atoms with Crippen molar-refractivity contribution in [3.63, 3.8) is 0 Å². The number of benzene rings is 1. The van der Waals surface area contributed by atoms with E-state index < -0.39 is 22.7 Å². The topological polar surface area (TPSA) is 69.2 Å². The maximum absolute atomic E-state index is 11.0. The molecule has 14 heavy (non-hydrogen) atoms. The molecule has 1 aromatic carbocycles. The summed E-state index contributed by atoms with van der Waals surface area (Å²) in [7, 11) is 0. The van der Waals surface area contributed by atoms with Crippen LogP contribution in [-0.2, 0) is 15.9 Å². The minimum absolute atomic E-state index is 0.518. The summed E-state index contributed by atoms with van der Waals surface area (Å²) in [5.41, 5.74) is 0.573. The molecule has 0 heterocycles. The van der Waals surface area contributed by atoms with Crippen LogP contribution in [0.1, 0.15) is 0 Å². The molecular formula is C8H7BrNO3S-. The Kier molecular flexibility index (Phi) is 4.24. The van der Waals surface area contributed by atoms with E-state index in [1.54, 1.807) is 24.3 Å². The summed E-state index contributed by atoms with van der Waals surface area (Å²) in [4.78, 5) is 11.0. The molecule has 1 atom stereocenters. The number of hydrogen-bond acceptors (Lipinski definition) is 3. The van der Waals surface area contributed by atoms with Crippen LogP contribution in [0.4, 0.5) is 5.69 Å². The van der Waals surface area contributed by atoms with Gasteiger partial charge in [0.25, 0.3) is 0 Å². The molecule has 0 aromatic heterocycles. The van der Waals surface area contributed by atoms with Gasteiger partial charge in [0, 0.05) is 10.2 Å². The molecule has 1 aromatic rings. The van der Waals surface area contributed by atoms with Crippen molar-refractivity contribution in [2.45, 2.75) is 0 Å². The molecule has 0 bridgehead atoms. The number of carbonyl (C=O) groups is 1. The first kappa shape index (κ1) is 11.4. The van der Waals surface area contributed by atoms with Crippen molar-refractivity contribution in [2.24, 2.45) is 0 Å². The smallest absolute Gasteiger partial charge is 0.235 e. The fourth-order valence-electron chi connectivity index (χ4n) is 0.837. The molecule has 1 N–H and O–H groups in total. The van der Waals surface area contributed by atoms with Gasteiger partial charge in [-0.25, -0.2) is 0 Å². The van der Waals surface area contributed by atoms with E-state index in [0.29, 0.717) is 5.69 Å². The summed E-state index contributed by atoms with van der Waals surface area (Å²) in [6, 6.07) is 6.86. The van der Waals surface area contributed by atoms with Gasteiger partial charge in [0.15, 0.2) is 0 Å². The van der Waals surface area contributed by atoms with Crippen molar-refractivity contribution in [3.8, 4) is 0 Å². The number of anilines is 1. The number of hydrogen-bond donors (Lipinski definition) is 1. The van der Waals surface area contributed by atoms with Gasteiger partial charge in [-0.1, -0.05) is 15.9 Å². The van der Waals surface area contributed by atoms with E-state index >= 15 is 0 Å². The zero-order valence-corrected chi connectivity index (χ0v) is 9.43. The Morgan fingerprint density at radius 1 is 1.43 bits per heavy atom. The fraction of sp³-hybridized carbons (Fsp3) is 0.125. The van der Waals surface area contributed by atoms with Gasteiger partial charge < -0.3 is 9.87 Å². The maximum Gasteiger partial charge on any atom is 0.235 e. The minimum Gasteiger partial charge on any atom is -0.772 e. The average molecular weight is 277 g/mol. The molecule has 0 aliphatic rings. The highest BCUT2D eigenvalue weighted by atomic mass is 79.9. The second-order valence-electron chi connectivity index (χ2n) is 2.50. The van der Waals surface area contributed by atoms with E-state index in [1.165, 1.54) is 0 Å². The molecule has 0 fully saturated rings. The predicted octanol–water partition coefficient (Wildman–Crippen LogP) is 1.27. The first-order chi connectivity index (χ1) is 6.58. The largest absolute Gasteiger partial charge is 0.772 e. The van der Waals surface area contributed by atoms with E-state index in [1.807, 2.05) is 0 Å². The molecule has 4 nitrogen and oxygen atoms in total. The van der Waals surface area contributed by atoms with Crippen LogP contribution in [0.15, 0.2) is 28.7 Å². The Bertz CT molecular complexity index is 352. The molecule has 1 amide bonds. The molecule has 76 valence electrons. The van der Waals surface area contributed by atoms with Crippen molar-refractivity contribution < 1.29 is 13.6 Å². The van der Waals surface area contributed by atoms with E-state index in [2.05, 4.69) is 21.2 Å². The zero-order valence-electron chi connectivity index (χ0n) is 7.03. The zero-order chi connectivity index (χ0) is 10.6. The van der Waals surface area contributed by atoms with Crippen LogP contribution in [0, 0.1) is 0 Å². The Morgan fingerprint density at radius 3 is 2.50 bits per heavy atom. The van der Waals surface area contributed by atoms with Crippen LogP contribution in [0.25, 0.3) is 0 Å². The highest BCUT2D eigenvalue weighted by Gasteiger charge is 2.01. The molecule has 0 aliphatic heterocycles. The first-order valence-corrected chi connectivity index (χ1v) is 5.73. The van der Waals surface area contributed by atoms with Crippen LogP contribution < -0.4 is 5.32 Å². The Morgan fingerprint density at radius 2 is 2.00 bits per heavy atom. The predicted molar refractivity (Wildman–Crippen MR) is 56.6 cm³/mol. The molecule has 0 saturated carbocycles. The van der Waals surface area contributed by atoms with Gasteiger partial charge in [-0.3, -0.25) is 9.00 Å². The molecule has 0 radical (unpaired) electrons. The van der Waals surface area contributed by atoms with Crippen LogP contribution in [0.3, 0.4) is 0 Å². The normalized spacial score (nSPS) is 12.1. The standard InChI is InChI=1S/C8H8BrNO3S/c9-6-1-3-7(4-2-6)10-8(11)5-14(12)13/h1-4H,5H2,(H,10,11)(H,12,13)/p-1. The summed E-state index contributed by atoms with van der Waals surface area (Å²) >= 11 is 0.896. The van der Waals surface area contributed by atoms with Gasteiger partial charge in [0.2, 0.25) is 5.91 Å². The van der Waals surface area contributed by atoms with Crippen LogP contribution in [0.2, 0.25) is 0 Å². The van der Waals surface area contributed by atoms with Gasteiger partial charge in [0.05, 0.1) is 5.75 Å². The third kappa shape index (κ3) is 3.99. The fourth-order valence-corrected chi connectivity index (χ4v) is 1.39. The molecular weight excluding hydrogens is 270 g/mol. The summed E-state index contributed by atoms with van der Waals surface area (Å²) in [6.07, 6.45) is 0. The second kappa shape index (κ2) is 5.23. The molecule has 0 spiro atoms. The van der Waals surface area contributed by atoms with E-state index in [4.69, 9.17) is 0 Å². The minimum atomic E-state index is -2.35. The maximum atomic E-state index is 11.0. The molecule has 0 saturated heterocycles. The van der Waals surface area contributed by atoms with Gasteiger partial charge in [-0.2, -0.15) is 0 Å². The third-order valence-corrected chi connectivity index (χ3v) is 2.40. The second-order valence-corrected chi connectivity index (χ2v) is 4.31. The summed E-state index contributed by atoms with van der Waals surface area (Å²) < 4.78 is 21.3.